The highest BCUT2D eigenvalue weighted by Crippen LogP contribution is 2.12. The first-order valence-corrected chi connectivity index (χ1v) is 8.40. The molecule has 0 fully saturated rings. The highest BCUT2D eigenvalue weighted by molar-refractivity contribution is 5.98. The summed E-state index contributed by atoms with van der Waals surface area (Å²) in [6.45, 7) is 5.99. The van der Waals surface area contributed by atoms with E-state index in [1.807, 2.05) is 4.90 Å². The second-order valence-electron chi connectivity index (χ2n) is 5.96. The number of rotatable bonds is 7. The van der Waals surface area contributed by atoms with Crippen molar-refractivity contribution in [2.24, 2.45) is 0 Å². The van der Waals surface area contributed by atoms with Crippen LogP contribution in [0.15, 0.2) is 6.07 Å². The van der Waals surface area contributed by atoms with Gasteiger partial charge >= 0.3 is 0 Å². The van der Waals surface area contributed by atoms with Crippen molar-refractivity contribution in [2.45, 2.75) is 52.2 Å². The molecule has 2 rings (SSSR count). The largest absolute Gasteiger partial charge is 0.389 e. The van der Waals surface area contributed by atoms with Crippen LogP contribution in [0.4, 0.5) is 0 Å². The van der Waals surface area contributed by atoms with E-state index < -0.39 is 6.10 Å². The Morgan fingerprint density at radius 2 is 2.04 bits per heavy atom. The molecule has 0 aromatic carbocycles. The van der Waals surface area contributed by atoms with Crippen LogP contribution >= 0.6 is 0 Å². The molecule has 2 amide bonds. The van der Waals surface area contributed by atoms with Crippen LogP contribution in [0, 0.1) is 0 Å². The van der Waals surface area contributed by atoms with Crippen LogP contribution in [0.5, 0.6) is 0 Å². The van der Waals surface area contributed by atoms with E-state index in [1.165, 1.54) is 10.7 Å². The summed E-state index contributed by atoms with van der Waals surface area (Å²) in [4.78, 5) is 26.5. The minimum Gasteiger partial charge on any atom is -0.389 e. The predicted octanol–water partition coefficient (Wildman–Crippen LogP) is 1.03. The van der Waals surface area contributed by atoms with Gasteiger partial charge in [0.1, 0.15) is 5.69 Å². The molecule has 7 heteroatoms. The first-order valence-electron chi connectivity index (χ1n) is 8.40. The molecule has 0 aliphatic carbocycles. The standard InChI is InChI=1S/C16H26N4O3/c1-3-5-7-19(8-6-4-2)16(23)13-9-14-15(22)17-10-12(21)11-20(14)18-13/h9,12,21H,3-8,10-11H2,1-2H3,(H,17,22). The third kappa shape index (κ3) is 4.31. The summed E-state index contributed by atoms with van der Waals surface area (Å²) in [5.74, 6) is -0.448. The molecule has 1 aliphatic rings. The Hall–Kier alpha value is -1.89. The normalized spacial score (nSPS) is 17.3. The number of amides is 2. The predicted molar refractivity (Wildman–Crippen MR) is 86.3 cm³/mol. The molecule has 1 aliphatic heterocycles. The zero-order chi connectivity index (χ0) is 16.8. The van der Waals surface area contributed by atoms with Crippen molar-refractivity contribution < 1.29 is 14.7 Å². The van der Waals surface area contributed by atoms with Crippen molar-refractivity contribution in [1.82, 2.24) is 20.0 Å². The summed E-state index contributed by atoms with van der Waals surface area (Å²) in [5.41, 5.74) is 0.604. The molecule has 23 heavy (non-hydrogen) atoms. The van der Waals surface area contributed by atoms with Crippen molar-refractivity contribution in [2.75, 3.05) is 19.6 Å². The van der Waals surface area contributed by atoms with Crippen molar-refractivity contribution in [1.29, 1.82) is 0 Å². The molecule has 2 N–H and O–H groups in total. The molecule has 1 aromatic rings. The molecule has 1 aromatic heterocycles. The molecule has 0 bridgehead atoms. The monoisotopic (exact) mass is 322 g/mol. The lowest BCUT2D eigenvalue weighted by Gasteiger charge is -2.21. The fourth-order valence-electron chi connectivity index (χ4n) is 2.58. The number of hydrogen-bond acceptors (Lipinski definition) is 4. The van der Waals surface area contributed by atoms with Crippen molar-refractivity contribution >= 4 is 11.8 Å². The van der Waals surface area contributed by atoms with Gasteiger partial charge in [-0.05, 0) is 12.8 Å². The quantitative estimate of drug-likeness (QED) is 0.785. The number of hydrogen-bond donors (Lipinski definition) is 2. The average Bonchev–Trinajstić information content (AvgIpc) is 2.90. The molecular formula is C16H26N4O3. The van der Waals surface area contributed by atoms with Crippen LogP contribution in [-0.2, 0) is 6.54 Å². The molecule has 0 saturated heterocycles. The van der Waals surface area contributed by atoms with Crippen LogP contribution in [0.3, 0.4) is 0 Å². The Labute approximate surface area is 136 Å². The summed E-state index contributed by atoms with van der Waals surface area (Å²) in [5, 5.41) is 16.7. The van der Waals surface area contributed by atoms with Gasteiger partial charge in [-0.15, -0.1) is 0 Å². The number of β-amino-alcohol motifs (C(OH)–C–C–N with tert-alkyl or cyclic N) is 1. The Kier molecular flexibility index (Phi) is 6.15. The second kappa shape index (κ2) is 8.10. The number of nitrogens with zero attached hydrogens (tertiary/aromatic N) is 3. The third-order valence-corrected chi connectivity index (χ3v) is 3.96. The molecule has 7 nitrogen and oxygen atoms in total. The van der Waals surface area contributed by atoms with E-state index >= 15 is 0 Å². The topological polar surface area (TPSA) is 87.5 Å². The number of aliphatic hydroxyl groups is 1. The lowest BCUT2D eigenvalue weighted by Crippen LogP contribution is -2.33. The molecule has 1 unspecified atom stereocenters. The Morgan fingerprint density at radius 3 is 2.65 bits per heavy atom. The zero-order valence-corrected chi connectivity index (χ0v) is 13.9. The van der Waals surface area contributed by atoms with E-state index in [0.29, 0.717) is 18.8 Å². The molecule has 2 heterocycles. The van der Waals surface area contributed by atoms with Gasteiger partial charge in [-0.3, -0.25) is 14.3 Å². The SMILES string of the molecule is CCCCN(CCCC)C(=O)c1cc2n(n1)CC(O)CNC2=O. The zero-order valence-electron chi connectivity index (χ0n) is 13.9. The van der Waals surface area contributed by atoms with Gasteiger partial charge in [0.25, 0.3) is 11.8 Å². The van der Waals surface area contributed by atoms with Crippen molar-refractivity contribution in [3.05, 3.63) is 17.5 Å². The highest BCUT2D eigenvalue weighted by atomic mass is 16.3. The Balaban J connectivity index is 2.19. The summed E-state index contributed by atoms with van der Waals surface area (Å²) in [6, 6.07) is 1.53. The minimum absolute atomic E-state index is 0.144. The van der Waals surface area contributed by atoms with Gasteiger partial charge in [0, 0.05) is 25.7 Å². The number of nitrogens with one attached hydrogen (secondary N) is 1. The van der Waals surface area contributed by atoms with Gasteiger partial charge in [0.05, 0.1) is 12.6 Å². The number of aromatic nitrogens is 2. The van der Waals surface area contributed by atoms with Gasteiger partial charge in [-0.1, -0.05) is 26.7 Å². The smallest absolute Gasteiger partial charge is 0.274 e. The Bertz CT molecular complexity index is 548. The molecule has 0 spiro atoms. The summed E-state index contributed by atoms with van der Waals surface area (Å²) in [7, 11) is 0. The number of aliphatic hydroxyl groups excluding tert-OH is 1. The van der Waals surface area contributed by atoms with Gasteiger partial charge in [0.2, 0.25) is 0 Å². The molecule has 1 atom stereocenters. The number of carbonyl (C=O) groups is 2. The number of unbranched alkanes of at least 4 members (excludes halogenated alkanes) is 2. The molecule has 0 saturated carbocycles. The highest BCUT2D eigenvalue weighted by Gasteiger charge is 2.26. The second-order valence-corrected chi connectivity index (χ2v) is 5.96. The van der Waals surface area contributed by atoms with E-state index in [4.69, 9.17) is 0 Å². The van der Waals surface area contributed by atoms with E-state index in [-0.39, 0.29) is 30.6 Å². The van der Waals surface area contributed by atoms with Crippen molar-refractivity contribution in [3.8, 4) is 0 Å². The van der Waals surface area contributed by atoms with E-state index in [9.17, 15) is 14.7 Å². The van der Waals surface area contributed by atoms with E-state index in [0.717, 1.165) is 25.7 Å². The Morgan fingerprint density at radius 1 is 1.39 bits per heavy atom. The van der Waals surface area contributed by atoms with Crippen LogP contribution in [0.2, 0.25) is 0 Å². The van der Waals surface area contributed by atoms with Crippen molar-refractivity contribution in [3.63, 3.8) is 0 Å². The van der Waals surface area contributed by atoms with E-state index in [1.54, 1.807) is 0 Å². The molecule has 0 radical (unpaired) electrons. The lowest BCUT2D eigenvalue weighted by molar-refractivity contribution is 0.0742. The van der Waals surface area contributed by atoms with Gasteiger partial charge in [-0.2, -0.15) is 5.10 Å². The fourth-order valence-corrected chi connectivity index (χ4v) is 2.58. The maximum absolute atomic E-state index is 12.7. The summed E-state index contributed by atoms with van der Waals surface area (Å²) in [6.07, 6.45) is 3.23. The van der Waals surface area contributed by atoms with E-state index in [2.05, 4.69) is 24.3 Å². The van der Waals surface area contributed by atoms with Gasteiger partial charge < -0.3 is 15.3 Å². The first kappa shape index (κ1) is 17.5. The fraction of sp³-hybridized carbons (Fsp3) is 0.688. The number of carbonyl (C=O) groups excluding carboxylic acids is 2. The average molecular weight is 322 g/mol. The molecular weight excluding hydrogens is 296 g/mol. The minimum atomic E-state index is -0.695. The van der Waals surface area contributed by atoms with Crippen LogP contribution in [0.1, 0.15) is 60.5 Å². The van der Waals surface area contributed by atoms with Crippen LogP contribution in [-0.4, -0.2) is 57.3 Å². The van der Waals surface area contributed by atoms with Gasteiger partial charge in [-0.25, -0.2) is 0 Å². The third-order valence-electron chi connectivity index (χ3n) is 3.96. The maximum atomic E-state index is 12.7. The van der Waals surface area contributed by atoms with Gasteiger partial charge in [0.15, 0.2) is 5.69 Å². The number of fused-ring (bicyclic) bond motifs is 1. The first-order chi connectivity index (χ1) is 11.1. The maximum Gasteiger partial charge on any atom is 0.274 e. The van der Waals surface area contributed by atoms with Crippen LogP contribution < -0.4 is 5.32 Å². The lowest BCUT2D eigenvalue weighted by atomic mass is 10.2. The summed E-state index contributed by atoms with van der Waals surface area (Å²) < 4.78 is 1.43. The van der Waals surface area contributed by atoms with Crippen LogP contribution in [0.25, 0.3) is 0 Å². The molecule has 128 valence electrons. The summed E-state index contributed by atoms with van der Waals surface area (Å²) >= 11 is 0.